The van der Waals surface area contributed by atoms with Crippen LogP contribution in [-0.4, -0.2) is 61.4 Å². The average molecular weight is 239 g/mol. The fraction of sp³-hybridized carbons (Fsp3) is 0.833. The Hall–Kier alpha value is -0.940. The molecule has 0 radical (unpaired) electrons. The van der Waals surface area contributed by atoms with Crippen molar-refractivity contribution in [2.24, 2.45) is 5.92 Å². The Morgan fingerprint density at radius 2 is 2.18 bits per heavy atom. The molecule has 2 rings (SSSR count). The molecule has 0 aromatic rings. The van der Waals surface area contributed by atoms with Crippen LogP contribution in [0.3, 0.4) is 0 Å². The number of nitrogens with one attached hydrogen (secondary N) is 1. The number of carbonyl (C=O) groups excluding carboxylic acids is 2. The highest BCUT2D eigenvalue weighted by atomic mass is 16.2. The summed E-state index contributed by atoms with van der Waals surface area (Å²) in [6.45, 7) is 2.86. The molecule has 0 aromatic carbocycles. The van der Waals surface area contributed by atoms with E-state index in [0.29, 0.717) is 12.3 Å². The van der Waals surface area contributed by atoms with Crippen LogP contribution in [0.4, 0.5) is 0 Å². The third kappa shape index (κ3) is 2.50. The lowest BCUT2D eigenvalue weighted by Gasteiger charge is -2.35. The summed E-state index contributed by atoms with van der Waals surface area (Å²) in [5.41, 5.74) is 0. The number of piperidine rings is 1. The molecule has 2 amide bonds. The number of hydrogen-bond donors (Lipinski definition) is 1. The minimum Gasteiger partial charge on any atom is -0.319 e. The fourth-order valence-corrected chi connectivity index (χ4v) is 2.86. The Labute approximate surface area is 102 Å². The van der Waals surface area contributed by atoms with E-state index < -0.39 is 0 Å². The molecule has 2 heterocycles. The summed E-state index contributed by atoms with van der Waals surface area (Å²) in [6.07, 6.45) is 2.69. The fourth-order valence-electron chi connectivity index (χ4n) is 2.86. The van der Waals surface area contributed by atoms with E-state index in [1.54, 1.807) is 7.05 Å². The van der Waals surface area contributed by atoms with Crippen molar-refractivity contribution in [3.63, 3.8) is 0 Å². The summed E-state index contributed by atoms with van der Waals surface area (Å²) in [5.74, 6) is 0.526. The molecule has 2 aliphatic rings. The summed E-state index contributed by atoms with van der Waals surface area (Å²) in [5, 5.41) is 3.19. The van der Waals surface area contributed by atoms with Crippen molar-refractivity contribution in [2.75, 3.05) is 33.7 Å². The summed E-state index contributed by atoms with van der Waals surface area (Å²) in [6, 6.07) is -0.202. The van der Waals surface area contributed by atoms with Crippen molar-refractivity contribution in [3.8, 4) is 0 Å². The van der Waals surface area contributed by atoms with Crippen molar-refractivity contribution < 1.29 is 9.59 Å². The lowest BCUT2D eigenvalue weighted by Crippen LogP contribution is -2.47. The summed E-state index contributed by atoms with van der Waals surface area (Å²) >= 11 is 0. The zero-order valence-electron chi connectivity index (χ0n) is 10.6. The van der Waals surface area contributed by atoms with Crippen LogP contribution in [0.25, 0.3) is 0 Å². The predicted molar refractivity (Wildman–Crippen MR) is 64.4 cm³/mol. The molecule has 0 spiro atoms. The first-order valence-electron chi connectivity index (χ1n) is 6.32. The zero-order chi connectivity index (χ0) is 12.4. The van der Waals surface area contributed by atoms with E-state index >= 15 is 0 Å². The second kappa shape index (κ2) is 5.14. The number of imide groups is 1. The van der Waals surface area contributed by atoms with Crippen molar-refractivity contribution in [1.82, 2.24) is 15.1 Å². The first-order valence-corrected chi connectivity index (χ1v) is 6.32. The van der Waals surface area contributed by atoms with Crippen molar-refractivity contribution in [1.29, 1.82) is 0 Å². The van der Waals surface area contributed by atoms with E-state index in [4.69, 9.17) is 0 Å². The van der Waals surface area contributed by atoms with Crippen LogP contribution >= 0.6 is 0 Å². The molecule has 2 atom stereocenters. The maximum Gasteiger partial charge on any atom is 0.246 e. The van der Waals surface area contributed by atoms with Gasteiger partial charge in [0.25, 0.3) is 0 Å². The largest absolute Gasteiger partial charge is 0.319 e. The van der Waals surface area contributed by atoms with E-state index in [-0.39, 0.29) is 17.9 Å². The minimum atomic E-state index is -0.202. The van der Waals surface area contributed by atoms with Gasteiger partial charge >= 0.3 is 0 Å². The molecule has 2 aliphatic heterocycles. The number of nitrogens with zero attached hydrogens (tertiary/aromatic N) is 2. The van der Waals surface area contributed by atoms with Gasteiger partial charge in [-0.3, -0.25) is 19.4 Å². The Bertz CT molecular complexity index is 317. The van der Waals surface area contributed by atoms with Gasteiger partial charge in [-0.2, -0.15) is 0 Å². The standard InChI is InChI=1S/C12H21N3O2/c1-13-7-9-4-3-5-15(8-9)10-6-11(16)14(2)12(10)17/h9-10,13H,3-8H2,1-2H3. The van der Waals surface area contributed by atoms with Gasteiger partial charge in [-0.1, -0.05) is 0 Å². The van der Waals surface area contributed by atoms with Crippen LogP contribution in [0.1, 0.15) is 19.3 Å². The molecular weight excluding hydrogens is 218 g/mol. The Morgan fingerprint density at radius 1 is 1.41 bits per heavy atom. The number of amides is 2. The van der Waals surface area contributed by atoms with Gasteiger partial charge in [-0.25, -0.2) is 0 Å². The molecule has 0 aliphatic carbocycles. The van der Waals surface area contributed by atoms with E-state index in [2.05, 4.69) is 10.2 Å². The number of likely N-dealkylation sites (N-methyl/N-ethyl adjacent to an activating group) is 1. The molecule has 0 bridgehead atoms. The summed E-state index contributed by atoms with van der Waals surface area (Å²) < 4.78 is 0. The monoisotopic (exact) mass is 239 g/mol. The van der Waals surface area contributed by atoms with Gasteiger partial charge in [0.1, 0.15) is 0 Å². The molecule has 5 nitrogen and oxygen atoms in total. The Kier molecular flexibility index (Phi) is 3.79. The number of carbonyl (C=O) groups is 2. The molecule has 0 aromatic heterocycles. The first-order chi connectivity index (χ1) is 8.13. The van der Waals surface area contributed by atoms with Crippen LogP contribution in [0.5, 0.6) is 0 Å². The number of hydrogen-bond acceptors (Lipinski definition) is 4. The van der Waals surface area contributed by atoms with Gasteiger partial charge in [-0.05, 0) is 38.9 Å². The molecule has 2 saturated heterocycles. The second-order valence-electron chi connectivity index (χ2n) is 5.07. The van der Waals surface area contributed by atoms with Crippen LogP contribution < -0.4 is 5.32 Å². The van der Waals surface area contributed by atoms with E-state index in [1.807, 2.05) is 7.05 Å². The van der Waals surface area contributed by atoms with Crippen LogP contribution in [0.2, 0.25) is 0 Å². The van der Waals surface area contributed by atoms with Gasteiger partial charge in [0.05, 0.1) is 12.5 Å². The second-order valence-corrected chi connectivity index (χ2v) is 5.07. The van der Waals surface area contributed by atoms with Crippen molar-refractivity contribution in [3.05, 3.63) is 0 Å². The van der Waals surface area contributed by atoms with Crippen molar-refractivity contribution >= 4 is 11.8 Å². The molecule has 17 heavy (non-hydrogen) atoms. The third-order valence-corrected chi connectivity index (χ3v) is 3.84. The minimum absolute atomic E-state index is 0.0277. The molecule has 2 unspecified atom stereocenters. The van der Waals surface area contributed by atoms with E-state index in [1.165, 1.54) is 11.3 Å². The smallest absolute Gasteiger partial charge is 0.246 e. The SMILES string of the molecule is CNCC1CCCN(C2CC(=O)N(C)C2=O)C1. The van der Waals surface area contributed by atoms with Crippen LogP contribution in [-0.2, 0) is 9.59 Å². The predicted octanol–water partition coefficient (Wildman–Crippen LogP) is -0.325. The topological polar surface area (TPSA) is 52.7 Å². The molecule has 5 heteroatoms. The highest BCUT2D eigenvalue weighted by Crippen LogP contribution is 2.23. The quantitative estimate of drug-likeness (QED) is 0.686. The van der Waals surface area contributed by atoms with E-state index in [0.717, 1.165) is 26.1 Å². The Balaban J connectivity index is 1.98. The zero-order valence-corrected chi connectivity index (χ0v) is 10.6. The lowest BCUT2D eigenvalue weighted by molar-refractivity contribution is -0.138. The summed E-state index contributed by atoms with van der Waals surface area (Å²) in [7, 11) is 3.54. The lowest BCUT2D eigenvalue weighted by atomic mass is 9.96. The van der Waals surface area contributed by atoms with Gasteiger partial charge in [0, 0.05) is 13.6 Å². The van der Waals surface area contributed by atoms with Crippen molar-refractivity contribution in [2.45, 2.75) is 25.3 Å². The van der Waals surface area contributed by atoms with Crippen LogP contribution in [0.15, 0.2) is 0 Å². The maximum absolute atomic E-state index is 11.9. The Morgan fingerprint density at radius 3 is 2.76 bits per heavy atom. The molecular formula is C12H21N3O2. The normalized spacial score (nSPS) is 31.3. The number of rotatable bonds is 3. The van der Waals surface area contributed by atoms with Gasteiger partial charge < -0.3 is 5.32 Å². The summed E-state index contributed by atoms with van der Waals surface area (Å²) in [4.78, 5) is 26.9. The first kappa shape index (κ1) is 12.5. The van der Waals surface area contributed by atoms with Gasteiger partial charge in [0.15, 0.2) is 0 Å². The van der Waals surface area contributed by atoms with Gasteiger partial charge in [0.2, 0.25) is 11.8 Å². The highest BCUT2D eigenvalue weighted by Gasteiger charge is 2.40. The molecule has 2 fully saturated rings. The molecule has 96 valence electrons. The van der Waals surface area contributed by atoms with Crippen LogP contribution in [0, 0.1) is 5.92 Å². The highest BCUT2D eigenvalue weighted by molar-refractivity contribution is 6.05. The number of likely N-dealkylation sites (tertiary alicyclic amines) is 2. The third-order valence-electron chi connectivity index (χ3n) is 3.84. The van der Waals surface area contributed by atoms with Gasteiger partial charge in [-0.15, -0.1) is 0 Å². The maximum atomic E-state index is 11.9. The average Bonchev–Trinajstić information content (AvgIpc) is 2.58. The molecule has 0 saturated carbocycles. The van der Waals surface area contributed by atoms with E-state index in [9.17, 15) is 9.59 Å². The molecule has 1 N–H and O–H groups in total.